The second-order valence-corrected chi connectivity index (χ2v) is 13.8. The summed E-state index contributed by atoms with van der Waals surface area (Å²) in [4.78, 5) is 0. The van der Waals surface area contributed by atoms with Crippen LogP contribution in [0.5, 0.6) is 0 Å². The van der Waals surface area contributed by atoms with E-state index in [1.807, 2.05) is 0 Å². The van der Waals surface area contributed by atoms with E-state index >= 15 is 0 Å². The van der Waals surface area contributed by atoms with Crippen LogP contribution in [0.4, 0.5) is 0 Å². The summed E-state index contributed by atoms with van der Waals surface area (Å²) in [6.07, 6.45) is 26.9. The van der Waals surface area contributed by atoms with Gasteiger partial charge in [0.05, 0.1) is 0 Å². The van der Waals surface area contributed by atoms with Gasteiger partial charge in [-0.1, -0.05) is 0 Å². The fourth-order valence-electron chi connectivity index (χ4n) is 3.51. The fraction of sp³-hybridized carbons (Fsp3) is 1.00. The minimum atomic E-state index is -0.296. The van der Waals surface area contributed by atoms with Gasteiger partial charge in [0.1, 0.15) is 0 Å². The zero-order valence-corrected chi connectivity index (χ0v) is 20.9. The van der Waals surface area contributed by atoms with E-state index in [0.717, 1.165) is 0 Å². The average Bonchev–Trinajstić information content (AvgIpc) is 2.57. The molecule has 136 valence electrons. The molecule has 0 aliphatic heterocycles. The van der Waals surface area contributed by atoms with Crippen molar-refractivity contribution in [1.29, 1.82) is 0 Å². The molecule has 0 N–H and O–H groups in total. The molecule has 1 heteroatoms. The van der Waals surface area contributed by atoms with Gasteiger partial charge in [-0.25, -0.2) is 0 Å². The van der Waals surface area contributed by atoms with Crippen molar-refractivity contribution >= 4 is 0 Å². The third-order valence-electron chi connectivity index (χ3n) is 5.21. The molecule has 0 amide bonds. The van der Waals surface area contributed by atoms with Gasteiger partial charge in [0, 0.05) is 0 Å². The quantitative estimate of drug-likeness (QED) is 0.135. The number of rotatable bonds is 20. The van der Waals surface area contributed by atoms with E-state index in [0.29, 0.717) is 0 Å². The molecule has 0 rings (SSSR count). The van der Waals surface area contributed by atoms with Gasteiger partial charge in [0.15, 0.2) is 0 Å². The van der Waals surface area contributed by atoms with E-state index in [-0.39, 0.29) is 24.2 Å². The Morgan fingerprint density at radius 2 is 0.609 bits per heavy atom. The Kier molecular flexibility index (Phi) is 23.8. The summed E-state index contributed by atoms with van der Waals surface area (Å²) in [6.45, 7) is 4.61. The van der Waals surface area contributed by atoms with Gasteiger partial charge in [-0.05, 0) is 0 Å². The molecule has 0 saturated carbocycles. The van der Waals surface area contributed by atoms with Crippen molar-refractivity contribution in [3.05, 3.63) is 0 Å². The van der Waals surface area contributed by atoms with Crippen LogP contribution in [0.2, 0.25) is 7.96 Å². The molecule has 0 aromatic heterocycles. The molecular formula is C22H46Cd. The topological polar surface area (TPSA) is 0 Å². The molecule has 0 spiro atoms. The number of hydrogen-bond acceptors (Lipinski definition) is 0. The standard InChI is InChI=1S/2C11H23.Cd/c2*1-3-5-7-9-11-10-8-6-4-2;/h2*1,3-11H2,2H3;. The molecular weight excluding hydrogens is 377 g/mol. The zero-order valence-electron chi connectivity index (χ0n) is 16.8. The van der Waals surface area contributed by atoms with Crippen LogP contribution in [0.15, 0.2) is 0 Å². The summed E-state index contributed by atoms with van der Waals surface area (Å²) < 4.78 is 3.41. The number of hydrogen-bond donors (Lipinski definition) is 0. The maximum absolute atomic E-state index is 2.31. The molecule has 0 atom stereocenters. The molecule has 0 saturated heterocycles. The zero-order chi connectivity index (χ0) is 16.8. The molecule has 0 aromatic rings. The molecule has 0 aromatic carbocycles. The van der Waals surface area contributed by atoms with Gasteiger partial charge >= 0.3 is 162 Å². The molecule has 0 radical (unpaired) electrons. The third-order valence-corrected chi connectivity index (χ3v) is 10.9. The van der Waals surface area contributed by atoms with E-state index in [9.17, 15) is 0 Å². The van der Waals surface area contributed by atoms with Crippen molar-refractivity contribution < 1.29 is 24.2 Å². The van der Waals surface area contributed by atoms with Crippen LogP contribution < -0.4 is 0 Å². The van der Waals surface area contributed by atoms with Crippen molar-refractivity contribution in [2.75, 3.05) is 0 Å². The summed E-state index contributed by atoms with van der Waals surface area (Å²) in [5.74, 6) is 0. The predicted molar refractivity (Wildman–Crippen MR) is 104 cm³/mol. The average molecular weight is 423 g/mol. The van der Waals surface area contributed by atoms with Crippen LogP contribution in [-0.4, -0.2) is 0 Å². The van der Waals surface area contributed by atoms with Crippen LogP contribution in [0.1, 0.15) is 129 Å². The summed E-state index contributed by atoms with van der Waals surface area (Å²) >= 11 is -0.296. The Balaban J connectivity index is 2.92. The van der Waals surface area contributed by atoms with E-state index in [1.54, 1.807) is 33.6 Å². The van der Waals surface area contributed by atoms with E-state index in [2.05, 4.69) is 13.8 Å². The molecule has 0 unspecified atom stereocenters. The van der Waals surface area contributed by atoms with Gasteiger partial charge < -0.3 is 0 Å². The third kappa shape index (κ3) is 22.9. The van der Waals surface area contributed by atoms with Crippen LogP contribution in [0.25, 0.3) is 0 Å². The Morgan fingerprint density at radius 1 is 0.348 bits per heavy atom. The first-order valence-electron chi connectivity index (χ1n) is 11.4. The van der Waals surface area contributed by atoms with E-state index in [4.69, 9.17) is 0 Å². The Labute approximate surface area is 161 Å². The molecule has 23 heavy (non-hydrogen) atoms. The van der Waals surface area contributed by atoms with Crippen molar-refractivity contribution in [1.82, 2.24) is 0 Å². The van der Waals surface area contributed by atoms with Crippen molar-refractivity contribution in [2.24, 2.45) is 0 Å². The SMILES string of the molecule is CCCCCCCCCC[CH2][Cd][CH2]CCCCCCCCCC. The van der Waals surface area contributed by atoms with Crippen LogP contribution in [-0.2, 0) is 24.2 Å². The summed E-state index contributed by atoms with van der Waals surface area (Å²) in [7, 11) is 0. The fourth-order valence-corrected chi connectivity index (χ4v) is 8.55. The van der Waals surface area contributed by atoms with Crippen LogP contribution >= 0.6 is 0 Å². The first kappa shape index (κ1) is 23.9. The molecule has 0 bridgehead atoms. The van der Waals surface area contributed by atoms with E-state index < -0.39 is 0 Å². The monoisotopic (exact) mass is 424 g/mol. The molecule has 0 aliphatic carbocycles. The molecule has 0 heterocycles. The molecule has 0 fully saturated rings. The summed E-state index contributed by atoms with van der Waals surface area (Å²) in [6, 6.07) is 0. The van der Waals surface area contributed by atoms with Gasteiger partial charge in [0.25, 0.3) is 0 Å². The van der Waals surface area contributed by atoms with E-state index in [1.165, 1.54) is 89.9 Å². The van der Waals surface area contributed by atoms with Gasteiger partial charge in [-0.2, -0.15) is 0 Å². The predicted octanol–water partition coefficient (Wildman–Crippen LogP) is 8.97. The van der Waals surface area contributed by atoms with Crippen LogP contribution in [0.3, 0.4) is 0 Å². The van der Waals surface area contributed by atoms with Crippen molar-refractivity contribution in [3.8, 4) is 0 Å². The van der Waals surface area contributed by atoms with Crippen LogP contribution in [0, 0.1) is 0 Å². The first-order valence-corrected chi connectivity index (χ1v) is 17.1. The summed E-state index contributed by atoms with van der Waals surface area (Å²) in [5.41, 5.74) is 0. The Bertz CT molecular complexity index is 170. The number of unbranched alkanes of at least 4 members (excludes halogenated alkanes) is 16. The Morgan fingerprint density at radius 3 is 0.913 bits per heavy atom. The van der Waals surface area contributed by atoms with Gasteiger partial charge in [-0.3, -0.25) is 0 Å². The minimum absolute atomic E-state index is 0.296. The van der Waals surface area contributed by atoms with Crippen molar-refractivity contribution in [2.45, 2.75) is 137 Å². The normalized spacial score (nSPS) is 10.9. The van der Waals surface area contributed by atoms with Crippen molar-refractivity contribution in [3.63, 3.8) is 0 Å². The molecule has 0 aliphatic rings. The maximum atomic E-state index is 2.31. The summed E-state index contributed by atoms with van der Waals surface area (Å²) in [5, 5.41) is 0. The second-order valence-electron chi connectivity index (χ2n) is 7.72. The first-order chi connectivity index (χ1) is 11.4. The van der Waals surface area contributed by atoms with Gasteiger partial charge in [-0.15, -0.1) is 0 Å². The Hall–Kier alpha value is 0.922. The molecule has 0 nitrogen and oxygen atoms in total. The van der Waals surface area contributed by atoms with Gasteiger partial charge in [0.2, 0.25) is 0 Å². The second kappa shape index (κ2) is 22.9.